The summed E-state index contributed by atoms with van der Waals surface area (Å²) in [7, 11) is 0. The summed E-state index contributed by atoms with van der Waals surface area (Å²) in [6.45, 7) is 7.27. The van der Waals surface area contributed by atoms with Gasteiger partial charge in [0.2, 0.25) is 11.8 Å². The highest BCUT2D eigenvalue weighted by Gasteiger charge is 2.30. The topological polar surface area (TPSA) is 49.4 Å². The number of carbonyl (C=O) groups is 2. The monoisotopic (exact) mass is 502 g/mol. The molecule has 0 aliphatic rings. The smallest absolute Gasteiger partial charge is 0.243 e. The van der Waals surface area contributed by atoms with Crippen LogP contribution in [0.3, 0.4) is 0 Å². The van der Waals surface area contributed by atoms with Crippen molar-refractivity contribution in [1.29, 1.82) is 0 Å². The van der Waals surface area contributed by atoms with Crippen molar-refractivity contribution in [1.82, 2.24) is 10.2 Å². The van der Waals surface area contributed by atoms with Crippen LogP contribution in [0.2, 0.25) is 0 Å². The van der Waals surface area contributed by atoms with Gasteiger partial charge in [0.25, 0.3) is 0 Å². The minimum absolute atomic E-state index is 0.0132. The lowest BCUT2D eigenvalue weighted by Gasteiger charge is -2.31. The van der Waals surface area contributed by atoms with Gasteiger partial charge in [-0.3, -0.25) is 9.59 Å². The van der Waals surface area contributed by atoms with Crippen LogP contribution in [-0.4, -0.2) is 35.1 Å². The van der Waals surface area contributed by atoms with Gasteiger partial charge in [-0.1, -0.05) is 97.8 Å². The average molecular weight is 503 g/mol. The molecule has 0 spiro atoms. The van der Waals surface area contributed by atoms with Crippen LogP contribution >= 0.6 is 11.8 Å². The van der Waals surface area contributed by atoms with Crippen LogP contribution in [0.1, 0.15) is 47.6 Å². The lowest BCUT2D eigenvalue weighted by Crippen LogP contribution is -2.51. The summed E-state index contributed by atoms with van der Waals surface area (Å²) in [6, 6.07) is 25.9. The van der Waals surface area contributed by atoms with Crippen molar-refractivity contribution in [2.45, 2.75) is 58.4 Å². The molecule has 3 rings (SSSR count). The standard InChI is InChI=1S/C31H38N2O2S/c1-4-5-19-32-31(35)29(20-26-12-7-6-8-13-26)33(21-27-17-15-24(2)16-18-27)30(34)23-36-22-28-14-10-9-11-25(28)3/h6-18,29H,4-5,19-23H2,1-3H3,(H,32,35)/t29-/m0/s1. The van der Waals surface area contributed by atoms with Gasteiger partial charge in [-0.15, -0.1) is 11.8 Å². The number of unbranched alkanes of at least 4 members (excludes halogenated alkanes) is 1. The van der Waals surface area contributed by atoms with Crippen molar-refractivity contribution in [3.8, 4) is 0 Å². The maximum Gasteiger partial charge on any atom is 0.243 e. The van der Waals surface area contributed by atoms with Crippen LogP contribution in [0.4, 0.5) is 0 Å². The number of nitrogens with zero attached hydrogens (tertiary/aromatic N) is 1. The Labute approximate surface area is 220 Å². The van der Waals surface area contributed by atoms with Gasteiger partial charge in [0.05, 0.1) is 5.75 Å². The molecule has 0 aliphatic carbocycles. The maximum atomic E-state index is 13.7. The Bertz CT molecular complexity index is 1100. The molecule has 3 aromatic rings. The van der Waals surface area contributed by atoms with Gasteiger partial charge in [-0.2, -0.15) is 0 Å². The van der Waals surface area contributed by atoms with Crippen LogP contribution < -0.4 is 5.32 Å². The second-order valence-corrected chi connectivity index (χ2v) is 10.3. The number of benzene rings is 3. The Morgan fingerprint density at radius 3 is 2.28 bits per heavy atom. The molecule has 5 heteroatoms. The van der Waals surface area contributed by atoms with E-state index in [4.69, 9.17) is 0 Å². The molecule has 0 aromatic heterocycles. The second kappa shape index (κ2) is 14.5. The third-order valence-electron chi connectivity index (χ3n) is 6.32. The Morgan fingerprint density at radius 1 is 0.889 bits per heavy atom. The molecule has 36 heavy (non-hydrogen) atoms. The highest BCUT2D eigenvalue weighted by Crippen LogP contribution is 2.20. The SMILES string of the molecule is CCCCNC(=O)[C@H](Cc1ccccc1)N(Cc1ccc(C)cc1)C(=O)CSCc1ccccc1C. The number of carbonyl (C=O) groups excluding carboxylic acids is 2. The van der Waals surface area contributed by atoms with Crippen molar-refractivity contribution in [3.63, 3.8) is 0 Å². The molecule has 0 saturated heterocycles. The third kappa shape index (κ3) is 8.56. The Kier molecular flexibility index (Phi) is 11.1. The van der Waals surface area contributed by atoms with E-state index in [1.165, 1.54) is 16.7 Å². The molecular formula is C31H38N2O2S. The van der Waals surface area contributed by atoms with Gasteiger partial charge in [0.1, 0.15) is 6.04 Å². The van der Waals surface area contributed by atoms with Crippen LogP contribution in [0.5, 0.6) is 0 Å². The van der Waals surface area contributed by atoms with Crippen LogP contribution in [0.25, 0.3) is 0 Å². The predicted molar refractivity (Wildman–Crippen MR) is 151 cm³/mol. The second-order valence-electron chi connectivity index (χ2n) is 9.28. The molecule has 0 aliphatic heterocycles. The fourth-order valence-electron chi connectivity index (χ4n) is 4.05. The van der Waals surface area contributed by atoms with E-state index in [1.54, 1.807) is 16.7 Å². The van der Waals surface area contributed by atoms with Crippen molar-refractivity contribution in [2.75, 3.05) is 12.3 Å². The maximum absolute atomic E-state index is 13.7. The summed E-state index contributed by atoms with van der Waals surface area (Å²) in [4.78, 5) is 28.9. The van der Waals surface area contributed by atoms with Gasteiger partial charge >= 0.3 is 0 Å². The van der Waals surface area contributed by atoms with Crippen LogP contribution in [-0.2, 0) is 28.3 Å². The van der Waals surface area contributed by atoms with Crippen LogP contribution in [0, 0.1) is 13.8 Å². The molecule has 0 bridgehead atoms. The van der Waals surface area contributed by atoms with Crippen molar-refractivity contribution < 1.29 is 9.59 Å². The summed E-state index contributed by atoms with van der Waals surface area (Å²) in [5.41, 5.74) is 5.70. The fourth-order valence-corrected chi connectivity index (χ4v) is 5.04. The van der Waals surface area contributed by atoms with Crippen molar-refractivity contribution in [3.05, 3.63) is 107 Å². The van der Waals surface area contributed by atoms with E-state index >= 15 is 0 Å². The normalized spacial score (nSPS) is 11.6. The van der Waals surface area contributed by atoms with E-state index in [0.29, 0.717) is 25.3 Å². The summed E-state index contributed by atoms with van der Waals surface area (Å²) in [5, 5.41) is 3.08. The summed E-state index contributed by atoms with van der Waals surface area (Å²) in [5.74, 6) is 0.994. The van der Waals surface area contributed by atoms with E-state index in [2.05, 4.69) is 43.4 Å². The number of hydrogen-bond donors (Lipinski definition) is 1. The van der Waals surface area contributed by atoms with Gasteiger partial charge < -0.3 is 10.2 Å². The molecule has 0 saturated carbocycles. The first-order chi connectivity index (χ1) is 17.5. The Morgan fingerprint density at radius 2 is 1.58 bits per heavy atom. The van der Waals surface area contributed by atoms with E-state index in [9.17, 15) is 9.59 Å². The predicted octanol–water partition coefficient (Wildman–Crippen LogP) is 6.09. The number of nitrogens with one attached hydrogen (secondary N) is 1. The highest BCUT2D eigenvalue weighted by molar-refractivity contribution is 7.99. The zero-order chi connectivity index (χ0) is 25.8. The van der Waals surface area contributed by atoms with Crippen molar-refractivity contribution >= 4 is 23.6 Å². The first-order valence-electron chi connectivity index (χ1n) is 12.8. The highest BCUT2D eigenvalue weighted by atomic mass is 32.2. The first kappa shape index (κ1) is 27.5. The third-order valence-corrected chi connectivity index (χ3v) is 7.28. The van der Waals surface area contributed by atoms with Gasteiger partial charge in [0.15, 0.2) is 0 Å². The molecule has 190 valence electrons. The lowest BCUT2D eigenvalue weighted by molar-refractivity contribution is -0.139. The first-order valence-corrected chi connectivity index (χ1v) is 13.9. The lowest BCUT2D eigenvalue weighted by atomic mass is 10.0. The number of hydrogen-bond acceptors (Lipinski definition) is 3. The number of amides is 2. The zero-order valence-corrected chi connectivity index (χ0v) is 22.5. The molecule has 1 atom stereocenters. The van der Waals surface area contributed by atoms with E-state index < -0.39 is 6.04 Å². The molecule has 0 heterocycles. The Balaban J connectivity index is 1.83. The minimum atomic E-state index is -0.572. The van der Waals surface area contributed by atoms with E-state index in [0.717, 1.165) is 29.7 Å². The van der Waals surface area contributed by atoms with E-state index in [-0.39, 0.29) is 11.8 Å². The molecule has 0 unspecified atom stereocenters. The molecule has 0 fully saturated rings. The Hall–Kier alpha value is -3.05. The molecular weight excluding hydrogens is 464 g/mol. The quantitative estimate of drug-likeness (QED) is 0.288. The molecule has 4 nitrogen and oxygen atoms in total. The number of thioether (sulfide) groups is 1. The average Bonchev–Trinajstić information content (AvgIpc) is 2.89. The molecule has 1 N–H and O–H groups in total. The van der Waals surface area contributed by atoms with Gasteiger partial charge in [-0.05, 0) is 42.5 Å². The fraction of sp³-hybridized carbons (Fsp3) is 0.355. The minimum Gasteiger partial charge on any atom is -0.354 e. The zero-order valence-electron chi connectivity index (χ0n) is 21.7. The molecule has 0 radical (unpaired) electrons. The molecule has 3 aromatic carbocycles. The van der Waals surface area contributed by atoms with Gasteiger partial charge in [-0.25, -0.2) is 0 Å². The number of aryl methyl sites for hydroxylation is 2. The molecule has 2 amide bonds. The largest absolute Gasteiger partial charge is 0.354 e. The van der Waals surface area contributed by atoms with Crippen LogP contribution in [0.15, 0.2) is 78.9 Å². The van der Waals surface area contributed by atoms with E-state index in [1.807, 2.05) is 61.5 Å². The summed E-state index contributed by atoms with van der Waals surface area (Å²) in [6.07, 6.45) is 2.41. The summed E-state index contributed by atoms with van der Waals surface area (Å²) >= 11 is 1.60. The van der Waals surface area contributed by atoms with Gasteiger partial charge in [0, 0.05) is 25.3 Å². The summed E-state index contributed by atoms with van der Waals surface area (Å²) < 4.78 is 0. The number of rotatable bonds is 13. The van der Waals surface area contributed by atoms with Crippen molar-refractivity contribution in [2.24, 2.45) is 0 Å².